The predicted molar refractivity (Wildman–Crippen MR) is 49.7 cm³/mol. The molecule has 0 N–H and O–H groups in total. The molecule has 0 aromatic heterocycles. The fraction of sp³-hybridized carbons (Fsp3) is 0.875. The molecule has 0 bridgehead atoms. The van der Waals surface area contributed by atoms with E-state index in [4.69, 9.17) is 0 Å². The maximum atomic E-state index is 12.1. The third-order valence-corrected chi connectivity index (χ3v) is 1.81. The minimum Gasteiger partial charge on any atom is -0.560 e. The first kappa shape index (κ1) is 30.2. The van der Waals surface area contributed by atoms with E-state index in [1.54, 1.807) is 0 Å². The summed E-state index contributed by atoms with van der Waals surface area (Å²) in [4.78, 5) is 0. The van der Waals surface area contributed by atoms with Gasteiger partial charge in [-0.25, -0.2) is 0 Å². The number of alkyl halides is 12. The summed E-state index contributed by atoms with van der Waals surface area (Å²) in [6, 6.07) is -8.04. The fourth-order valence-corrected chi connectivity index (χ4v) is 1.08. The molecule has 2 unspecified atom stereocenters. The van der Waals surface area contributed by atoms with E-state index in [1.807, 2.05) is 0 Å². The molecule has 0 heterocycles. The molecule has 18 heteroatoms. The Bertz CT molecular complexity index is 335. The van der Waals surface area contributed by atoms with Gasteiger partial charge in [0, 0.05) is 19.5 Å². The van der Waals surface area contributed by atoms with Crippen molar-refractivity contribution in [3.63, 3.8) is 0 Å². The Labute approximate surface area is 147 Å². The molecule has 2 atom stereocenters. The molecule has 0 aromatic carbocycles. The molecule has 0 fully saturated rings. The number of hydrogen-bond donors (Lipinski definition) is 0. The molecule has 156 valence electrons. The first-order valence-corrected chi connectivity index (χ1v) is 5.19. The average molecular weight is 478 g/mol. The van der Waals surface area contributed by atoms with Crippen LogP contribution < -0.4 is 0 Å². The van der Waals surface area contributed by atoms with Crippen molar-refractivity contribution in [1.82, 2.24) is 0 Å². The van der Waals surface area contributed by atoms with Crippen LogP contribution in [0.15, 0.2) is 0 Å². The van der Waals surface area contributed by atoms with Gasteiger partial charge in [0.1, 0.15) is 0 Å². The summed E-state index contributed by atoms with van der Waals surface area (Å²) in [6.45, 7) is -3.08. The second kappa shape index (κ2) is 10.7. The van der Waals surface area contributed by atoms with E-state index in [0.29, 0.717) is 0 Å². The second-order valence-corrected chi connectivity index (χ2v) is 3.76. The molecule has 0 amide bonds. The summed E-state index contributed by atoms with van der Waals surface area (Å²) in [5, 5.41) is 2.22. The van der Waals surface area contributed by atoms with Gasteiger partial charge in [0.15, 0.2) is 6.68 Å². The van der Waals surface area contributed by atoms with E-state index in [0.717, 1.165) is 10.6 Å². The van der Waals surface area contributed by atoms with Crippen LogP contribution in [0.5, 0.6) is 0 Å². The monoisotopic (exact) mass is 477 g/mol. The Morgan fingerprint density at radius 1 is 0.577 bits per heavy atom. The third kappa shape index (κ3) is 18.3. The molecule has 26 heavy (non-hydrogen) atoms. The summed E-state index contributed by atoms with van der Waals surface area (Å²) in [6.07, 6.45) is -26.2. The van der Waals surface area contributed by atoms with Crippen LogP contribution in [0.25, 0.3) is 10.6 Å². The Balaban J connectivity index is -0.000000951. The van der Waals surface area contributed by atoms with Gasteiger partial charge in [-0.2, -0.15) is 52.7 Å². The van der Waals surface area contributed by atoms with E-state index >= 15 is 0 Å². The zero-order valence-electron chi connectivity index (χ0n) is 11.6. The molecule has 0 rings (SSSR count). The van der Waals surface area contributed by atoms with Gasteiger partial charge in [0.2, 0.25) is 0 Å². The maximum absolute atomic E-state index is 12.1. The van der Waals surface area contributed by atoms with Crippen molar-refractivity contribution in [2.24, 2.45) is 0 Å². The largest absolute Gasteiger partial charge is 0.560 e. The Kier molecular flexibility index (Phi) is 12.5. The van der Waals surface area contributed by atoms with Crippen LogP contribution in [0, 0.1) is 6.68 Å². The van der Waals surface area contributed by atoms with Crippen molar-refractivity contribution >= 4 is 0 Å². The molecule has 0 saturated heterocycles. The summed E-state index contributed by atoms with van der Waals surface area (Å²) >= 11 is 0. The van der Waals surface area contributed by atoms with E-state index in [9.17, 15) is 65.9 Å². The fourth-order valence-electron chi connectivity index (χ4n) is 1.08. The molecule has 0 saturated carbocycles. The Hall–Kier alpha value is -0.507. The van der Waals surface area contributed by atoms with Crippen LogP contribution in [0.2, 0.25) is 0 Å². The zero-order chi connectivity index (χ0) is 20.9. The summed E-state index contributed by atoms with van der Waals surface area (Å²) in [5.74, 6) is 0. The van der Waals surface area contributed by atoms with Crippen molar-refractivity contribution < 1.29 is 85.3 Å². The second-order valence-electron chi connectivity index (χ2n) is 3.76. The van der Waals surface area contributed by atoms with Gasteiger partial charge in [0.25, 0.3) is 0 Å². The van der Waals surface area contributed by atoms with E-state index in [-0.39, 0.29) is 19.5 Å². The van der Waals surface area contributed by atoms with Gasteiger partial charge in [-0.3, -0.25) is 0 Å². The van der Waals surface area contributed by atoms with Crippen molar-refractivity contribution in [3.05, 3.63) is 17.3 Å². The first-order valence-electron chi connectivity index (χ1n) is 5.19. The predicted octanol–water partition coefficient (Wildman–Crippen LogP) is 6.36. The molecule has 0 aliphatic carbocycles. The SMILES string of the molecule is FC(F)(F)[N-]C(CC([N-]C(F)(F)F)C(F)(F)F)C(F)(F)F.F[C-](F)F.[Zn]. The van der Waals surface area contributed by atoms with E-state index in [1.165, 1.54) is 0 Å². The molecule has 0 spiro atoms. The van der Waals surface area contributed by atoms with E-state index in [2.05, 4.69) is 0 Å². The smallest absolute Gasteiger partial charge is 0.373 e. The molecule has 0 aliphatic rings. The number of nitrogens with zero attached hydrogens (tertiary/aromatic N) is 2. The van der Waals surface area contributed by atoms with Crippen LogP contribution >= 0.6 is 0 Å². The van der Waals surface area contributed by atoms with Crippen molar-refractivity contribution in [2.45, 2.75) is 43.5 Å². The minimum atomic E-state index is -5.92. The zero-order valence-corrected chi connectivity index (χ0v) is 14.6. The van der Waals surface area contributed by atoms with Crippen LogP contribution in [0.1, 0.15) is 6.42 Å². The van der Waals surface area contributed by atoms with Gasteiger partial charge < -0.3 is 23.8 Å². The molecule has 0 aliphatic heterocycles. The van der Waals surface area contributed by atoms with Crippen LogP contribution in [-0.2, 0) is 19.5 Å². The van der Waals surface area contributed by atoms with Crippen molar-refractivity contribution in [1.29, 1.82) is 0 Å². The molecule has 0 radical (unpaired) electrons. The quantitative estimate of drug-likeness (QED) is 0.195. The Morgan fingerprint density at radius 2 is 0.769 bits per heavy atom. The van der Waals surface area contributed by atoms with Gasteiger partial charge in [-0.1, -0.05) is 6.42 Å². The van der Waals surface area contributed by atoms with Gasteiger partial charge in [0.05, 0.1) is 0 Å². The maximum Gasteiger partial charge on any atom is 0.373 e. The van der Waals surface area contributed by atoms with Gasteiger partial charge in [-0.15, -0.1) is 0 Å². The summed E-state index contributed by atoms with van der Waals surface area (Å²) in [5.41, 5.74) is 0. The number of rotatable bonds is 4. The Morgan fingerprint density at radius 3 is 0.885 bits per heavy atom. The summed E-state index contributed by atoms with van der Waals surface area (Å²) in [7, 11) is 0. The molecular weight excluding hydrogens is 474 g/mol. The first-order chi connectivity index (χ1) is 10.6. The van der Waals surface area contributed by atoms with Crippen molar-refractivity contribution in [2.75, 3.05) is 0 Å². The van der Waals surface area contributed by atoms with Crippen LogP contribution in [0.3, 0.4) is 0 Å². The number of halogens is 15. The summed E-state index contributed by atoms with van der Waals surface area (Å²) < 4.78 is 172. The third-order valence-electron chi connectivity index (χ3n) is 1.81. The number of hydrogen-bond acceptors (Lipinski definition) is 0. The van der Waals surface area contributed by atoms with Crippen LogP contribution in [-0.4, -0.2) is 37.0 Å². The molecule has 0 aromatic rings. The standard InChI is InChI=1S/C7H4F12N2.CF3.Zn/c8-4(9,10)2(20-6(14,15)16)1-3(5(11,12)13)21-7(17,18)19;2-1(3)4;/h2-3H,1H2;;/q-2;-1;. The minimum absolute atomic E-state index is 0. The van der Waals surface area contributed by atoms with Gasteiger partial charge >= 0.3 is 25.0 Å². The van der Waals surface area contributed by atoms with Crippen LogP contribution in [0.4, 0.5) is 65.9 Å². The van der Waals surface area contributed by atoms with E-state index < -0.39 is 50.1 Å². The molecule has 2 nitrogen and oxygen atoms in total. The van der Waals surface area contributed by atoms with Gasteiger partial charge in [-0.05, 0) is 12.1 Å². The molecular formula is C8H4F15N2Zn-3. The average Bonchev–Trinajstić information content (AvgIpc) is 2.19. The topological polar surface area (TPSA) is 28.2 Å². The van der Waals surface area contributed by atoms with Crippen molar-refractivity contribution in [3.8, 4) is 0 Å². The normalized spacial score (nSPS) is 15.7.